The number of benzene rings is 1. The van der Waals surface area contributed by atoms with Crippen molar-refractivity contribution in [2.75, 3.05) is 6.61 Å². The van der Waals surface area contributed by atoms with Gasteiger partial charge in [0.2, 0.25) is 5.89 Å². The first-order chi connectivity index (χ1) is 13.6. The molecule has 0 aliphatic carbocycles. The molecule has 3 aromatic heterocycles. The normalized spacial score (nSPS) is 20.2. The maximum Gasteiger partial charge on any atom is 0.223 e. The Bertz CT molecular complexity index is 1160. The lowest BCUT2D eigenvalue weighted by molar-refractivity contribution is 0.00630. The van der Waals surface area contributed by atoms with Gasteiger partial charge < -0.3 is 13.8 Å². The molecular weight excluding hydrogens is 354 g/mol. The molecule has 1 aliphatic heterocycles. The van der Waals surface area contributed by atoms with E-state index in [0.29, 0.717) is 24.2 Å². The number of imidazole rings is 1. The van der Waals surface area contributed by atoms with Crippen LogP contribution in [0.5, 0.6) is 0 Å². The van der Waals surface area contributed by atoms with Gasteiger partial charge in [0.25, 0.3) is 0 Å². The number of rotatable bonds is 3. The summed E-state index contributed by atoms with van der Waals surface area (Å²) in [5, 5.41) is 5.22. The third kappa shape index (κ3) is 2.96. The van der Waals surface area contributed by atoms with Gasteiger partial charge >= 0.3 is 0 Å². The van der Waals surface area contributed by atoms with Crippen LogP contribution >= 0.6 is 0 Å². The molecule has 4 heterocycles. The van der Waals surface area contributed by atoms with Crippen LogP contribution in [0.1, 0.15) is 48.9 Å². The van der Waals surface area contributed by atoms with Gasteiger partial charge in [0.1, 0.15) is 11.3 Å². The summed E-state index contributed by atoms with van der Waals surface area (Å²) in [5.74, 6) is 2.17. The van der Waals surface area contributed by atoms with Gasteiger partial charge in [0, 0.05) is 25.0 Å². The van der Waals surface area contributed by atoms with Crippen molar-refractivity contribution in [1.82, 2.24) is 24.7 Å². The zero-order valence-corrected chi connectivity index (χ0v) is 16.3. The molecule has 1 aromatic carbocycles. The number of aryl methyl sites for hydroxylation is 2. The minimum Gasteiger partial charge on any atom is -0.378 e. The largest absolute Gasteiger partial charge is 0.378 e. The molecule has 0 N–H and O–H groups in total. The Hall–Kier alpha value is -2.80. The lowest BCUT2D eigenvalue weighted by atomic mass is 10.0. The van der Waals surface area contributed by atoms with Gasteiger partial charge in [-0.15, -0.1) is 0 Å². The number of fused-ring (bicyclic) bond motifs is 3. The van der Waals surface area contributed by atoms with Crippen molar-refractivity contribution in [2.24, 2.45) is 0 Å². The molecule has 0 radical (unpaired) electrons. The molecule has 0 spiro atoms. The number of pyridine rings is 1. The van der Waals surface area contributed by atoms with Crippen LogP contribution in [-0.4, -0.2) is 37.4 Å². The van der Waals surface area contributed by atoms with Crippen LogP contribution in [0.3, 0.4) is 0 Å². The van der Waals surface area contributed by atoms with E-state index in [1.807, 2.05) is 6.20 Å². The highest BCUT2D eigenvalue weighted by Crippen LogP contribution is 2.34. The van der Waals surface area contributed by atoms with E-state index in [1.165, 1.54) is 5.56 Å². The fourth-order valence-electron chi connectivity index (χ4n) is 4.22. The Kier molecular flexibility index (Phi) is 4.12. The van der Waals surface area contributed by atoms with E-state index in [0.717, 1.165) is 47.2 Å². The van der Waals surface area contributed by atoms with Crippen LogP contribution in [0, 0.1) is 13.8 Å². The molecule has 1 saturated heterocycles. The fraction of sp³-hybridized carbons (Fsp3) is 0.429. The lowest BCUT2D eigenvalue weighted by Crippen LogP contribution is -2.26. The van der Waals surface area contributed by atoms with E-state index < -0.39 is 0 Å². The molecule has 1 aliphatic rings. The Morgan fingerprint density at radius 1 is 1.18 bits per heavy atom. The van der Waals surface area contributed by atoms with Gasteiger partial charge in [-0.1, -0.05) is 16.8 Å². The van der Waals surface area contributed by atoms with Crippen LogP contribution in [-0.2, 0) is 11.2 Å². The number of aromatic nitrogens is 5. The Morgan fingerprint density at radius 3 is 2.86 bits per heavy atom. The summed E-state index contributed by atoms with van der Waals surface area (Å²) < 4.78 is 13.3. The van der Waals surface area contributed by atoms with E-state index in [4.69, 9.17) is 14.2 Å². The average Bonchev–Trinajstić information content (AvgIpc) is 3.25. The van der Waals surface area contributed by atoms with Gasteiger partial charge in [-0.2, -0.15) is 4.98 Å². The summed E-state index contributed by atoms with van der Waals surface area (Å²) in [4.78, 5) is 13.9. The molecule has 28 heavy (non-hydrogen) atoms. The summed E-state index contributed by atoms with van der Waals surface area (Å²) in [6, 6.07) is 6.70. The van der Waals surface area contributed by atoms with E-state index in [2.05, 4.69) is 51.7 Å². The van der Waals surface area contributed by atoms with Crippen LogP contribution in [0.4, 0.5) is 0 Å². The predicted octanol–water partition coefficient (Wildman–Crippen LogP) is 3.92. The van der Waals surface area contributed by atoms with Gasteiger partial charge in [-0.05, 0) is 38.8 Å². The maximum absolute atomic E-state index is 5.80. The van der Waals surface area contributed by atoms with E-state index >= 15 is 0 Å². The SMILES string of the molecule is Cc1ccc2ncc3nc(Cc4noc(C)n4)n([C@@H]4CCO[C@H](C)C4)c3c2c1. The van der Waals surface area contributed by atoms with Crippen LogP contribution in [0.15, 0.2) is 28.9 Å². The average molecular weight is 377 g/mol. The highest BCUT2D eigenvalue weighted by atomic mass is 16.5. The molecule has 2 atom stereocenters. The van der Waals surface area contributed by atoms with Crippen molar-refractivity contribution in [3.63, 3.8) is 0 Å². The van der Waals surface area contributed by atoms with Crippen molar-refractivity contribution in [3.05, 3.63) is 47.5 Å². The predicted molar refractivity (Wildman–Crippen MR) is 105 cm³/mol. The second kappa shape index (κ2) is 6.67. The summed E-state index contributed by atoms with van der Waals surface area (Å²) in [6.45, 7) is 6.81. The molecule has 0 unspecified atom stereocenters. The molecule has 7 nitrogen and oxygen atoms in total. The molecule has 5 rings (SSSR count). The number of nitrogens with zero attached hydrogens (tertiary/aromatic N) is 5. The number of ether oxygens (including phenoxy) is 1. The smallest absolute Gasteiger partial charge is 0.223 e. The highest BCUT2D eigenvalue weighted by Gasteiger charge is 2.27. The number of hydrogen-bond donors (Lipinski definition) is 0. The van der Waals surface area contributed by atoms with Gasteiger partial charge in [0.05, 0.1) is 29.8 Å². The molecular formula is C21H23N5O2. The third-order valence-corrected chi connectivity index (χ3v) is 5.45. The fourth-order valence-corrected chi connectivity index (χ4v) is 4.22. The first-order valence-corrected chi connectivity index (χ1v) is 9.75. The Balaban J connectivity index is 1.74. The topological polar surface area (TPSA) is 78.9 Å². The number of hydrogen-bond acceptors (Lipinski definition) is 6. The zero-order valence-electron chi connectivity index (χ0n) is 16.3. The van der Waals surface area contributed by atoms with Crippen LogP contribution in [0.2, 0.25) is 0 Å². The van der Waals surface area contributed by atoms with Gasteiger partial charge in [0.15, 0.2) is 5.82 Å². The third-order valence-electron chi connectivity index (χ3n) is 5.45. The molecule has 0 bridgehead atoms. The first-order valence-electron chi connectivity index (χ1n) is 9.75. The van der Waals surface area contributed by atoms with Crippen molar-refractivity contribution >= 4 is 21.9 Å². The molecule has 4 aromatic rings. The van der Waals surface area contributed by atoms with Gasteiger partial charge in [-0.3, -0.25) is 4.98 Å². The quantitative estimate of drug-likeness (QED) is 0.538. The molecule has 0 amide bonds. The Morgan fingerprint density at radius 2 is 2.07 bits per heavy atom. The van der Waals surface area contributed by atoms with E-state index in [1.54, 1.807) is 6.92 Å². The minimum absolute atomic E-state index is 0.228. The van der Waals surface area contributed by atoms with Crippen molar-refractivity contribution in [2.45, 2.75) is 52.2 Å². The molecule has 7 heteroatoms. The van der Waals surface area contributed by atoms with Gasteiger partial charge in [-0.25, -0.2) is 4.98 Å². The molecule has 144 valence electrons. The lowest BCUT2D eigenvalue weighted by Gasteiger charge is -2.30. The van der Waals surface area contributed by atoms with E-state index in [-0.39, 0.29) is 6.10 Å². The molecule has 1 fully saturated rings. The van der Waals surface area contributed by atoms with E-state index in [9.17, 15) is 0 Å². The highest BCUT2D eigenvalue weighted by molar-refractivity contribution is 6.02. The summed E-state index contributed by atoms with van der Waals surface area (Å²) >= 11 is 0. The maximum atomic E-state index is 5.80. The summed E-state index contributed by atoms with van der Waals surface area (Å²) in [6.07, 6.45) is 4.55. The second-order valence-corrected chi connectivity index (χ2v) is 7.68. The monoisotopic (exact) mass is 377 g/mol. The standard InChI is InChI=1S/C21H23N5O2/c1-12-4-5-17-16(8-12)21-18(11-22-17)24-20(10-19-23-14(3)28-25-19)26(21)15-6-7-27-13(2)9-15/h4-5,8,11,13,15H,6-7,9-10H2,1-3H3/t13-,15-/m1/s1. The first kappa shape index (κ1) is 17.3. The minimum atomic E-state index is 0.228. The van der Waals surface area contributed by atoms with Crippen molar-refractivity contribution < 1.29 is 9.26 Å². The second-order valence-electron chi connectivity index (χ2n) is 7.68. The molecule has 0 saturated carbocycles. The Labute approximate surface area is 162 Å². The van der Waals surface area contributed by atoms with Crippen LogP contribution < -0.4 is 0 Å². The van der Waals surface area contributed by atoms with Crippen molar-refractivity contribution in [1.29, 1.82) is 0 Å². The summed E-state index contributed by atoms with van der Waals surface area (Å²) in [7, 11) is 0. The zero-order chi connectivity index (χ0) is 19.3. The van der Waals surface area contributed by atoms with Crippen LogP contribution in [0.25, 0.3) is 21.9 Å². The van der Waals surface area contributed by atoms with Crippen molar-refractivity contribution in [3.8, 4) is 0 Å². The summed E-state index contributed by atoms with van der Waals surface area (Å²) in [5.41, 5.74) is 4.25.